The maximum atomic E-state index is 11.8. The molecule has 3 nitrogen and oxygen atoms in total. The number of carbonyl (C=O) groups excluding carboxylic acids is 1. The molecule has 2 amide bonds. The van der Waals surface area contributed by atoms with Gasteiger partial charge in [-0.3, -0.25) is 0 Å². The molecular formula is C17H28N2OS. The van der Waals surface area contributed by atoms with Gasteiger partial charge in [0.1, 0.15) is 0 Å². The van der Waals surface area contributed by atoms with E-state index in [1.807, 2.05) is 24.8 Å². The number of nitrogens with one attached hydrogen (secondary N) is 2. The molecular weight excluding hydrogens is 280 g/mol. The van der Waals surface area contributed by atoms with Gasteiger partial charge >= 0.3 is 6.03 Å². The van der Waals surface area contributed by atoms with Gasteiger partial charge in [-0.15, -0.1) is 11.8 Å². The van der Waals surface area contributed by atoms with Crippen LogP contribution in [0.4, 0.5) is 10.5 Å². The number of benzene rings is 1. The quantitative estimate of drug-likeness (QED) is 0.747. The Morgan fingerprint density at radius 2 is 1.95 bits per heavy atom. The first kappa shape index (κ1) is 17.9. The first-order valence-corrected chi connectivity index (χ1v) is 8.33. The fourth-order valence-corrected chi connectivity index (χ4v) is 2.91. The van der Waals surface area contributed by atoms with Crippen LogP contribution in [-0.4, -0.2) is 17.3 Å². The lowest BCUT2D eigenvalue weighted by Gasteiger charge is -2.18. The monoisotopic (exact) mass is 308 g/mol. The Kier molecular flexibility index (Phi) is 6.59. The zero-order chi connectivity index (χ0) is 16.0. The molecule has 0 fully saturated rings. The van der Waals surface area contributed by atoms with Crippen molar-refractivity contribution in [3.63, 3.8) is 0 Å². The fourth-order valence-electron chi connectivity index (χ4n) is 1.83. The van der Waals surface area contributed by atoms with Crippen molar-refractivity contribution < 1.29 is 4.79 Å². The number of rotatable bonds is 5. The lowest BCUT2D eigenvalue weighted by molar-refractivity contribution is 0.251. The van der Waals surface area contributed by atoms with E-state index in [4.69, 9.17) is 0 Å². The van der Waals surface area contributed by atoms with E-state index in [9.17, 15) is 4.79 Å². The minimum absolute atomic E-state index is 0.130. The average molecular weight is 308 g/mol. The highest BCUT2D eigenvalue weighted by Gasteiger charge is 2.13. The normalized spacial score (nSPS) is 11.6. The van der Waals surface area contributed by atoms with Gasteiger partial charge in [-0.1, -0.05) is 34.6 Å². The van der Waals surface area contributed by atoms with Crippen molar-refractivity contribution in [3.05, 3.63) is 23.8 Å². The highest BCUT2D eigenvalue weighted by molar-refractivity contribution is 8.00. The van der Waals surface area contributed by atoms with Crippen LogP contribution in [0.2, 0.25) is 0 Å². The van der Waals surface area contributed by atoms with E-state index in [0.29, 0.717) is 12.5 Å². The van der Waals surface area contributed by atoms with Gasteiger partial charge in [0.2, 0.25) is 0 Å². The molecule has 118 valence electrons. The summed E-state index contributed by atoms with van der Waals surface area (Å²) in [4.78, 5) is 13.1. The second kappa shape index (κ2) is 7.74. The van der Waals surface area contributed by atoms with Crippen molar-refractivity contribution in [3.8, 4) is 0 Å². The number of amides is 2. The minimum atomic E-state index is -0.130. The molecule has 0 aliphatic heterocycles. The fraction of sp³-hybridized carbons (Fsp3) is 0.588. The molecule has 0 unspecified atom stereocenters. The maximum Gasteiger partial charge on any atom is 0.319 e. The topological polar surface area (TPSA) is 41.1 Å². The molecule has 1 rings (SSSR count). The summed E-state index contributed by atoms with van der Waals surface area (Å²) in [6, 6.07) is 6.03. The molecule has 4 heteroatoms. The number of hydrogen-bond acceptors (Lipinski definition) is 2. The number of urea groups is 1. The van der Waals surface area contributed by atoms with Crippen LogP contribution in [0.5, 0.6) is 0 Å². The van der Waals surface area contributed by atoms with Gasteiger partial charge in [0.15, 0.2) is 0 Å². The highest BCUT2D eigenvalue weighted by Crippen LogP contribution is 2.33. The molecule has 1 aromatic carbocycles. The van der Waals surface area contributed by atoms with E-state index in [-0.39, 0.29) is 10.8 Å². The van der Waals surface area contributed by atoms with Crippen molar-refractivity contribution in [1.29, 1.82) is 0 Å². The van der Waals surface area contributed by atoms with Crippen molar-refractivity contribution in [2.24, 2.45) is 5.92 Å². The first-order valence-electron chi connectivity index (χ1n) is 7.52. The van der Waals surface area contributed by atoms with Crippen molar-refractivity contribution >= 4 is 23.5 Å². The molecule has 1 aromatic rings. The van der Waals surface area contributed by atoms with E-state index in [1.165, 1.54) is 4.90 Å². The van der Waals surface area contributed by atoms with E-state index in [1.54, 1.807) is 0 Å². The van der Waals surface area contributed by atoms with Gasteiger partial charge in [0, 0.05) is 21.9 Å². The molecule has 0 heterocycles. The van der Waals surface area contributed by atoms with Crippen LogP contribution in [0.25, 0.3) is 0 Å². The number of anilines is 1. The second-order valence-corrected chi connectivity index (χ2v) is 8.65. The summed E-state index contributed by atoms with van der Waals surface area (Å²) in [5.74, 6) is 0.598. The summed E-state index contributed by atoms with van der Waals surface area (Å²) >= 11 is 1.83. The molecule has 0 atom stereocenters. The van der Waals surface area contributed by atoms with Crippen LogP contribution in [0.15, 0.2) is 23.1 Å². The smallest absolute Gasteiger partial charge is 0.319 e. The largest absolute Gasteiger partial charge is 0.338 e. The van der Waals surface area contributed by atoms with Gasteiger partial charge in [-0.05, 0) is 43.0 Å². The lowest BCUT2D eigenvalue weighted by Crippen LogP contribution is -2.30. The Morgan fingerprint density at radius 3 is 2.48 bits per heavy atom. The summed E-state index contributed by atoms with van der Waals surface area (Å²) in [5, 5.41) is 5.80. The summed E-state index contributed by atoms with van der Waals surface area (Å²) < 4.78 is 0.190. The maximum absolute atomic E-state index is 11.8. The number of hydrogen-bond donors (Lipinski definition) is 2. The van der Waals surface area contributed by atoms with Gasteiger partial charge in [-0.25, -0.2) is 4.79 Å². The second-order valence-electron chi connectivity index (χ2n) is 6.75. The number of aryl methyl sites for hydroxylation is 1. The predicted octanol–water partition coefficient (Wildman–Crippen LogP) is 5.05. The minimum Gasteiger partial charge on any atom is -0.338 e. The van der Waals surface area contributed by atoms with Crippen LogP contribution in [0.3, 0.4) is 0 Å². The highest BCUT2D eigenvalue weighted by atomic mass is 32.2. The Hall–Kier alpha value is -1.16. The summed E-state index contributed by atoms with van der Waals surface area (Å²) in [7, 11) is 0. The SMILES string of the molecule is Cc1cc(SC(C)(C)C)ccc1NC(=O)NCCC(C)C. The van der Waals surface area contributed by atoms with Gasteiger partial charge in [0.25, 0.3) is 0 Å². The zero-order valence-electron chi connectivity index (χ0n) is 14.0. The van der Waals surface area contributed by atoms with E-state index >= 15 is 0 Å². The zero-order valence-corrected chi connectivity index (χ0v) is 14.9. The Labute approximate surface area is 133 Å². The number of thioether (sulfide) groups is 1. The van der Waals surface area contributed by atoms with Crippen molar-refractivity contribution in [1.82, 2.24) is 5.32 Å². The number of carbonyl (C=O) groups is 1. The summed E-state index contributed by atoms with van der Waals surface area (Å²) in [6.07, 6.45) is 0.994. The molecule has 0 bridgehead atoms. The van der Waals surface area contributed by atoms with Crippen LogP contribution in [0.1, 0.15) is 46.6 Å². The molecule has 0 aliphatic rings. The van der Waals surface area contributed by atoms with E-state index < -0.39 is 0 Å². The standard InChI is InChI=1S/C17H28N2OS/c1-12(2)9-10-18-16(20)19-15-8-7-14(11-13(15)3)21-17(4,5)6/h7-8,11-12H,9-10H2,1-6H3,(H2,18,19,20). The van der Waals surface area contributed by atoms with Crippen LogP contribution in [0, 0.1) is 12.8 Å². The predicted molar refractivity (Wildman–Crippen MR) is 93.3 cm³/mol. The molecule has 0 aliphatic carbocycles. The Balaban J connectivity index is 2.58. The molecule has 0 saturated carbocycles. The van der Waals surface area contributed by atoms with Gasteiger partial charge in [0.05, 0.1) is 0 Å². The third-order valence-corrected chi connectivity index (χ3v) is 3.98. The molecule has 21 heavy (non-hydrogen) atoms. The Morgan fingerprint density at radius 1 is 1.29 bits per heavy atom. The third kappa shape index (κ3) is 7.42. The van der Waals surface area contributed by atoms with Crippen molar-refractivity contribution in [2.75, 3.05) is 11.9 Å². The van der Waals surface area contributed by atoms with Gasteiger partial charge in [-0.2, -0.15) is 0 Å². The van der Waals surface area contributed by atoms with Crippen molar-refractivity contribution in [2.45, 2.75) is 57.6 Å². The van der Waals surface area contributed by atoms with Gasteiger partial charge < -0.3 is 10.6 Å². The van der Waals surface area contributed by atoms with E-state index in [0.717, 1.165) is 17.7 Å². The van der Waals surface area contributed by atoms with Crippen LogP contribution in [-0.2, 0) is 0 Å². The molecule has 2 N–H and O–H groups in total. The average Bonchev–Trinajstić information content (AvgIpc) is 2.30. The first-order chi connectivity index (χ1) is 9.67. The molecule has 0 saturated heterocycles. The third-order valence-electron chi connectivity index (χ3n) is 2.88. The molecule has 0 spiro atoms. The summed E-state index contributed by atoms with van der Waals surface area (Å²) in [6.45, 7) is 13.6. The Bertz CT molecular complexity index is 478. The van der Waals surface area contributed by atoms with E-state index in [2.05, 4.69) is 57.4 Å². The molecule has 0 aromatic heterocycles. The van der Waals surface area contributed by atoms with Crippen LogP contribution < -0.4 is 10.6 Å². The summed E-state index contributed by atoms with van der Waals surface area (Å²) in [5.41, 5.74) is 1.96. The lowest BCUT2D eigenvalue weighted by atomic mass is 10.1. The van der Waals surface area contributed by atoms with Crippen LogP contribution >= 0.6 is 11.8 Å². The molecule has 0 radical (unpaired) electrons.